The first-order valence-electron chi connectivity index (χ1n) is 4.01. The average molecular weight is 257 g/mol. The van der Waals surface area contributed by atoms with Gasteiger partial charge in [0.1, 0.15) is 5.15 Å². The Morgan fingerprint density at radius 2 is 2.07 bits per heavy atom. The van der Waals surface area contributed by atoms with E-state index in [1.807, 2.05) is 0 Å². The Morgan fingerprint density at radius 1 is 1.40 bits per heavy atom. The lowest BCUT2D eigenvalue weighted by molar-refractivity contribution is -0.137. The van der Waals surface area contributed by atoms with Crippen LogP contribution < -0.4 is 5.73 Å². The van der Waals surface area contributed by atoms with E-state index in [-0.39, 0.29) is 10.2 Å². The molecule has 0 aliphatic rings. The molecule has 7 heteroatoms. The zero-order chi connectivity index (χ0) is 11.5. The number of pyridine rings is 1. The van der Waals surface area contributed by atoms with E-state index in [1.54, 1.807) is 0 Å². The van der Waals surface area contributed by atoms with Gasteiger partial charge < -0.3 is 5.73 Å². The average Bonchev–Trinajstić information content (AvgIpc) is 2.12. The lowest BCUT2D eigenvalue weighted by atomic mass is 10.3. The standard InChI is InChI=1S/C8H8ClF3N2S/c9-6-3-5(8(10,11)12)4-7(14-6)15-2-1-13/h3-4H,1-2,13H2. The zero-order valence-electron chi connectivity index (χ0n) is 7.51. The molecule has 0 fully saturated rings. The van der Waals surface area contributed by atoms with Gasteiger partial charge in [-0.3, -0.25) is 0 Å². The second-order valence-electron chi connectivity index (χ2n) is 2.65. The summed E-state index contributed by atoms with van der Waals surface area (Å²) >= 11 is 6.62. The molecular formula is C8H8ClF3N2S. The fraction of sp³-hybridized carbons (Fsp3) is 0.375. The summed E-state index contributed by atoms with van der Waals surface area (Å²) in [7, 11) is 0. The molecule has 0 atom stereocenters. The van der Waals surface area contributed by atoms with Gasteiger partial charge >= 0.3 is 6.18 Å². The molecule has 0 saturated carbocycles. The van der Waals surface area contributed by atoms with Crippen molar-refractivity contribution in [2.45, 2.75) is 11.2 Å². The number of aromatic nitrogens is 1. The minimum atomic E-state index is -4.40. The molecule has 0 bridgehead atoms. The smallest absolute Gasteiger partial charge is 0.330 e. The van der Waals surface area contributed by atoms with Crippen LogP contribution >= 0.6 is 23.4 Å². The zero-order valence-corrected chi connectivity index (χ0v) is 9.09. The van der Waals surface area contributed by atoms with Crippen LogP contribution in [0.2, 0.25) is 5.15 Å². The van der Waals surface area contributed by atoms with Crippen LogP contribution in [0.25, 0.3) is 0 Å². The van der Waals surface area contributed by atoms with Crippen LogP contribution in [-0.4, -0.2) is 17.3 Å². The number of alkyl halides is 3. The van der Waals surface area contributed by atoms with Crippen molar-refractivity contribution in [3.8, 4) is 0 Å². The van der Waals surface area contributed by atoms with E-state index < -0.39 is 11.7 Å². The number of nitrogens with two attached hydrogens (primary N) is 1. The summed E-state index contributed by atoms with van der Waals surface area (Å²) in [4.78, 5) is 3.76. The molecule has 2 nitrogen and oxygen atoms in total. The van der Waals surface area contributed by atoms with Crippen LogP contribution in [0.15, 0.2) is 17.2 Å². The molecule has 0 unspecified atom stereocenters. The summed E-state index contributed by atoms with van der Waals surface area (Å²) in [5.41, 5.74) is 4.44. The summed E-state index contributed by atoms with van der Waals surface area (Å²) in [6, 6.07) is 1.76. The Morgan fingerprint density at radius 3 is 2.60 bits per heavy atom. The number of thioether (sulfide) groups is 1. The highest BCUT2D eigenvalue weighted by molar-refractivity contribution is 7.99. The van der Waals surface area contributed by atoms with Crippen LogP contribution in [0.5, 0.6) is 0 Å². The molecule has 0 saturated heterocycles. The van der Waals surface area contributed by atoms with Crippen molar-refractivity contribution in [2.75, 3.05) is 12.3 Å². The monoisotopic (exact) mass is 256 g/mol. The van der Waals surface area contributed by atoms with Gasteiger partial charge in [-0.2, -0.15) is 13.2 Å². The van der Waals surface area contributed by atoms with Crippen molar-refractivity contribution >= 4 is 23.4 Å². The molecule has 0 amide bonds. The second kappa shape index (κ2) is 5.05. The molecule has 1 aromatic heterocycles. The quantitative estimate of drug-likeness (QED) is 0.668. The second-order valence-corrected chi connectivity index (χ2v) is 4.15. The van der Waals surface area contributed by atoms with Crippen LogP contribution in [0.4, 0.5) is 13.2 Å². The summed E-state index contributed by atoms with van der Waals surface area (Å²) < 4.78 is 37.0. The molecule has 1 rings (SSSR count). The van der Waals surface area contributed by atoms with Gasteiger partial charge in [-0.1, -0.05) is 11.6 Å². The van der Waals surface area contributed by atoms with Gasteiger partial charge in [0.05, 0.1) is 10.6 Å². The number of halogens is 4. The van der Waals surface area contributed by atoms with E-state index in [1.165, 1.54) is 0 Å². The van der Waals surface area contributed by atoms with Gasteiger partial charge in [0, 0.05) is 12.3 Å². The highest BCUT2D eigenvalue weighted by Gasteiger charge is 2.31. The molecule has 0 aromatic carbocycles. The number of hydrogen-bond acceptors (Lipinski definition) is 3. The minimum Gasteiger partial charge on any atom is -0.330 e. The maximum atomic E-state index is 12.3. The lowest BCUT2D eigenvalue weighted by Crippen LogP contribution is -2.06. The largest absolute Gasteiger partial charge is 0.416 e. The molecule has 2 N–H and O–H groups in total. The van der Waals surface area contributed by atoms with Gasteiger partial charge in [-0.05, 0) is 12.1 Å². The number of hydrogen-bond donors (Lipinski definition) is 1. The first-order valence-corrected chi connectivity index (χ1v) is 5.37. The summed E-state index contributed by atoms with van der Waals surface area (Å²) in [5, 5.41) is 0.0737. The molecule has 0 aliphatic carbocycles. The maximum absolute atomic E-state index is 12.3. The molecule has 0 radical (unpaired) electrons. The van der Waals surface area contributed by atoms with Gasteiger partial charge in [-0.15, -0.1) is 11.8 Å². The van der Waals surface area contributed by atoms with E-state index >= 15 is 0 Å². The van der Waals surface area contributed by atoms with Crippen LogP contribution in [0.3, 0.4) is 0 Å². The predicted molar refractivity (Wildman–Crippen MR) is 54.0 cm³/mol. The Labute approximate surface area is 94.0 Å². The number of nitrogens with zero attached hydrogens (tertiary/aromatic N) is 1. The van der Waals surface area contributed by atoms with Crippen molar-refractivity contribution in [3.05, 3.63) is 22.8 Å². The Kier molecular flexibility index (Phi) is 4.24. The fourth-order valence-corrected chi connectivity index (χ4v) is 1.83. The first kappa shape index (κ1) is 12.6. The van der Waals surface area contributed by atoms with Gasteiger partial charge in [0.25, 0.3) is 0 Å². The summed E-state index contributed by atoms with van der Waals surface area (Å²) in [6.45, 7) is 0.375. The Balaban J connectivity index is 2.95. The normalized spacial score (nSPS) is 11.8. The summed E-state index contributed by atoms with van der Waals surface area (Å²) in [6.07, 6.45) is -4.40. The topological polar surface area (TPSA) is 38.9 Å². The highest BCUT2D eigenvalue weighted by atomic mass is 35.5. The SMILES string of the molecule is NCCSc1cc(C(F)(F)F)cc(Cl)n1. The Hall–Kier alpha value is -0.460. The molecule has 1 heterocycles. The Bertz CT molecular complexity index is 343. The van der Waals surface area contributed by atoms with Gasteiger partial charge in [-0.25, -0.2) is 4.98 Å². The summed E-state index contributed by atoms with van der Waals surface area (Å²) in [5.74, 6) is 0.505. The van der Waals surface area contributed by atoms with Crippen LogP contribution in [0, 0.1) is 0 Å². The van der Waals surface area contributed by atoms with Crippen molar-refractivity contribution in [1.29, 1.82) is 0 Å². The van der Waals surface area contributed by atoms with E-state index in [0.29, 0.717) is 12.3 Å². The first-order chi connectivity index (χ1) is 6.93. The van der Waals surface area contributed by atoms with E-state index in [0.717, 1.165) is 23.9 Å². The third-order valence-corrected chi connectivity index (χ3v) is 2.60. The molecular weight excluding hydrogens is 249 g/mol. The van der Waals surface area contributed by atoms with Crippen molar-refractivity contribution in [2.24, 2.45) is 5.73 Å². The predicted octanol–water partition coefficient (Wildman–Crippen LogP) is 2.80. The minimum absolute atomic E-state index is 0.163. The molecule has 1 aromatic rings. The lowest BCUT2D eigenvalue weighted by Gasteiger charge is -2.08. The van der Waals surface area contributed by atoms with Gasteiger partial charge in [0.2, 0.25) is 0 Å². The van der Waals surface area contributed by atoms with Gasteiger partial charge in [0.15, 0.2) is 0 Å². The van der Waals surface area contributed by atoms with Crippen molar-refractivity contribution in [1.82, 2.24) is 4.98 Å². The third-order valence-electron chi connectivity index (χ3n) is 1.47. The van der Waals surface area contributed by atoms with Crippen molar-refractivity contribution < 1.29 is 13.2 Å². The molecule has 15 heavy (non-hydrogen) atoms. The maximum Gasteiger partial charge on any atom is 0.416 e. The fourth-order valence-electron chi connectivity index (χ4n) is 0.874. The molecule has 0 spiro atoms. The molecule has 0 aliphatic heterocycles. The van der Waals surface area contributed by atoms with Crippen LogP contribution in [0.1, 0.15) is 5.56 Å². The van der Waals surface area contributed by atoms with E-state index in [4.69, 9.17) is 17.3 Å². The number of rotatable bonds is 3. The van der Waals surface area contributed by atoms with Crippen molar-refractivity contribution in [3.63, 3.8) is 0 Å². The van der Waals surface area contributed by atoms with E-state index in [2.05, 4.69) is 4.98 Å². The van der Waals surface area contributed by atoms with E-state index in [9.17, 15) is 13.2 Å². The molecule has 84 valence electrons. The highest BCUT2D eigenvalue weighted by Crippen LogP contribution is 2.32. The third kappa shape index (κ3) is 3.89. The van der Waals surface area contributed by atoms with Crippen LogP contribution in [-0.2, 0) is 6.18 Å².